The maximum absolute atomic E-state index is 13.8. The lowest BCUT2D eigenvalue weighted by molar-refractivity contribution is -0.384. The van der Waals surface area contributed by atoms with Crippen molar-refractivity contribution in [2.75, 3.05) is 31.3 Å². The summed E-state index contributed by atoms with van der Waals surface area (Å²) in [7, 11) is -1.33. The molecule has 2 rings (SSSR count). The molecule has 0 aromatic heterocycles. The van der Waals surface area contributed by atoms with E-state index >= 15 is 0 Å². The Kier molecular flexibility index (Phi) is 11.1. The van der Waals surface area contributed by atoms with Gasteiger partial charge in [0.2, 0.25) is 21.8 Å². The number of nitro groups is 1. The van der Waals surface area contributed by atoms with Crippen molar-refractivity contribution < 1.29 is 32.4 Å². The fraction of sp³-hybridized carbons (Fsp3) is 0.462. The Balaban J connectivity index is 2.58. The van der Waals surface area contributed by atoms with Crippen LogP contribution in [0.25, 0.3) is 0 Å². The van der Waals surface area contributed by atoms with Crippen molar-refractivity contribution in [3.63, 3.8) is 0 Å². The number of hydrogen-bond acceptors (Lipinski definition) is 8. The Bertz CT molecular complexity index is 1280. The molecule has 0 aliphatic heterocycles. The summed E-state index contributed by atoms with van der Waals surface area (Å²) in [6.45, 7) is 4.80. The lowest BCUT2D eigenvalue weighted by Gasteiger charge is -2.33. The molecule has 13 heteroatoms. The molecule has 0 saturated carbocycles. The third-order valence-electron chi connectivity index (χ3n) is 6.20. The van der Waals surface area contributed by atoms with Crippen LogP contribution in [0.3, 0.4) is 0 Å². The summed E-state index contributed by atoms with van der Waals surface area (Å²) in [4.78, 5) is 39.1. The Morgan fingerprint density at radius 2 is 1.77 bits per heavy atom. The number of nitrogens with one attached hydrogen (secondary N) is 1. The molecule has 2 aromatic carbocycles. The number of anilines is 1. The number of amides is 2. The molecule has 1 N–H and O–H groups in total. The number of nitrogens with zero attached hydrogens (tertiary/aromatic N) is 3. The topological polar surface area (TPSA) is 148 Å². The second-order valence-corrected chi connectivity index (χ2v) is 10.9. The lowest BCUT2D eigenvalue weighted by atomic mass is 10.1. The Morgan fingerprint density at radius 3 is 2.31 bits per heavy atom. The molecule has 2 aromatic rings. The summed E-state index contributed by atoms with van der Waals surface area (Å²) in [5.74, 6) is -0.472. The highest BCUT2D eigenvalue weighted by Gasteiger charge is 2.33. The van der Waals surface area contributed by atoms with Gasteiger partial charge in [-0.05, 0) is 43.5 Å². The fourth-order valence-corrected chi connectivity index (χ4v) is 4.75. The number of methoxy groups -OCH3 is 2. The predicted molar refractivity (Wildman–Crippen MR) is 147 cm³/mol. The second kappa shape index (κ2) is 13.8. The summed E-state index contributed by atoms with van der Waals surface area (Å²) < 4.78 is 37.0. The lowest BCUT2D eigenvalue weighted by Crippen LogP contribution is -2.53. The summed E-state index contributed by atoms with van der Waals surface area (Å²) in [6, 6.07) is 9.39. The number of benzene rings is 2. The molecule has 12 nitrogen and oxygen atoms in total. The molecule has 214 valence electrons. The number of carbonyl (C=O) groups is 2. The van der Waals surface area contributed by atoms with Crippen LogP contribution in [0.15, 0.2) is 42.5 Å². The predicted octanol–water partition coefficient (Wildman–Crippen LogP) is 3.10. The fourth-order valence-electron chi connectivity index (χ4n) is 3.91. The molecule has 2 amide bonds. The van der Waals surface area contributed by atoms with Crippen LogP contribution < -0.4 is 19.1 Å². The average molecular weight is 565 g/mol. The van der Waals surface area contributed by atoms with E-state index < -0.39 is 33.4 Å². The summed E-state index contributed by atoms with van der Waals surface area (Å²) in [5, 5.41) is 14.3. The summed E-state index contributed by atoms with van der Waals surface area (Å²) in [6.07, 6.45) is 1.83. The molecule has 0 radical (unpaired) electrons. The number of hydrogen-bond donors (Lipinski definition) is 1. The minimum absolute atomic E-state index is 0.00780. The average Bonchev–Trinajstić information content (AvgIpc) is 2.90. The van der Waals surface area contributed by atoms with Gasteiger partial charge in [0, 0.05) is 24.7 Å². The standard InChI is InChI=1S/C26H36N4O8S/c1-7-18(3)27-26(32)22(8-2)28(16-19-10-9-11-21(14-19)37-4)25(31)17-29(39(6,35)36)23-15-20(30(33)34)12-13-24(23)38-5/h9-15,18,22H,7-8,16-17H2,1-6H3,(H,27,32)/t18-,22-/m0/s1. The zero-order valence-corrected chi connectivity index (χ0v) is 23.9. The van der Waals surface area contributed by atoms with E-state index in [0.29, 0.717) is 17.7 Å². The molecule has 0 heterocycles. The van der Waals surface area contributed by atoms with Crippen LogP contribution in [-0.4, -0.2) is 69.2 Å². The highest BCUT2D eigenvalue weighted by atomic mass is 32.2. The Labute approximate surface area is 229 Å². The number of rotatable bonds is 14. The summed E-state index contributed by atoms with van der Waals surface area (Å²) in [5.41, 5.74) is 0.122. The maximum atomic E-state index is 13.8. The van der Waals surface area contributed by atoms with E-state index in [1.807, 2.05) is 13.8 Å². The van der Waals surface area contributed by atoms with Crippen LogP contribution in [0.1, 0.15) is 39.2 Å². The highest BCUT2D eigenvalue weighted by Crippen LogP contribution is 2.34. The van der Waals surface area contributed by atoms with Gasteiger partial charge in [0.05, 0.1) is 25.4 Å². The number of ether oxygens (including phenoxy) is 2. The van der Waals surface area contributed by atoms with E-state index in [1.54, 1.807) is 31.2 Å². The molecular weight excluding hydrogens is 528 g/mol. The number of nitro benzene ring substituents is 1. The van der Waals surface area contributed by atoms with Crippen LogP contribution in [-0.2, 0) is 26.2 Å². The van der Waals surface area contributed by atoms with Gasteiger partial charge in [-0.1, -0.05) is 26.0 Å². The first-order chi connectivity index (χ1) is 18.4. The first-order valence-electron chi connectivity index (χ1n) is 12.4. The van der Waals surface area contributed by atoms with Crippen molar-refractivity contribution in [2.24, 2.45) is 0 Å². The molecule has 39 heavy (non-hydrogen) atoms. The quantitative estimate of drug-likeness (QED) is 0.272. The molecular formula is C26H36N4O8S. The minimum atomic E-state index is -4.12. The van der Waals surface area contributed by atoms with E-state index in [9.17, 15) is 28.1 Å². The highest BCUT2D eigenvalue weighted by molar-refractivity contribution is 7.92. The number of carbonyl (C=O) groups excluding carboxylic acids is 2. The van der Waals surface area contributed by atoms with Crippen LogP contribution in [0.4, 0.5) is 11.4 Å². The smallest absolute Gasteiger partial charge is 0.271 e. The van der Waals surface area contributed by atoms with Crippen molar-refractivity contribution in [2.45, 2.75) is 52.2 Å². The molecule has 2 atom stereocenters. The van der Waals surface area contributed by atoms with Gasteiger partial charge in [-0.2, -0.15) is 0 Å². The third kappa shape index (κ3) is 8.31. The van der Waals surface area contributed by atoms with E-state index in [2.05, 4.69) is 5.32 Å². The Hall–Kier alpha value is -3.87. The minimum Gasteiger partial charge on any atom is -0.497 e. The molecule has 0 unspecified atom stereocenters. The van der Waals surface area contributed by atoms with Crippen molar-refractivity contribution in [1.29, 1.82) is 0 Å². The van der Waals surface area contributed by atoms with Crippen molar-refractivity contribution in [3.05, 3.63) is 58.1 Å². The van der Waals surface area contributed by atoms with Crippen LogP contribution >= 0.6 is 0 Å². The van der Waals surface area contributed by atoms with Gasteiger partial charge in [-0.15, -0.1) is 0 Å². The molecule has 0 saturated heterocycles. The van der Waals surface area contributed by atoms with Crippen LogP contribution in [0.5, 0.6) is 11.5 Å². The van der Waals surface area contributed by atoms with Crippen molar-refractivity contribution in [3.8, 4) is 11.5 Å². The molecule has 0 bridgehead atoms. The van der Waals surface area contributed by atoms with E-state index in [0.717, 1.165) is 16.6 Å². The van der Waals surface area contributed by atoms with Gasteiger partial charge in [0.25, 0.3) is 5.69 Å². The van der Waals surface area contributed by atoms with Gasteiger partial charge < -0.3 is 19.7 Å². The third-order valence-corrected chi connectivity index (χ3v) is 7.32. The van der Waals surface area contributed by atoms with Crippen LogP contribution in [0, 0.1) is 10.1 Å². The maximum Gasteiger partial charge on any atom is 0.271 e. The van der Waals surface area contributed by atoms with Gasteiger partial charge in [0.1, 0.15) is 29.8 Å². The monoisotopic (exact) mass is 564 g/mol. The summed E-state index contributed by atoms with van der Waals surface area (Å²) >= 11 is 0. The van der Waals surface area contributed by atoms with E-state index in [4.69, 9.17) is 9.47 Å². The van der Waals surface area contributed by atoms with Gasteiger partial charge in [-0.25, -0.2) is 8.42 Å². The second-order valence-electron chi connectivity index (χ2n) is 9.00. The SMILES string of the molecule is CC[C@H](C)NC(=O)[C@H](CC)N(Cc1cccc(OC)c1)C(=O)CN(c1cc([N+](=O)[O-])ccc1OC)S(C)(=O)=O. The number of non-ortho nitro benzene ring substituents is 1. The zero-order valence-electron chi connectivity index (χ0n) is 23.0. The molecule has 0 spiro atoms. The normalized spacial score (nSPS) is 12.7. The Morgan fingerprint density at radius 1 is 1.08 bits per heavy atom. The first-order valence-corrected chi connectivity index (χ1v) is 14.2. The molecule has 0 aliphatic carbocycles. The van der Waals surface area contributed by atoms with Crippen molar-refractivity contribution in [1.82, 2.24) is 10.2 Å². The first kappa shape index (κ1) is 31.3. The van der Waals surface area contributed by atoms with Crippen LogP contribution in [0.2, 0.25) is 0 Å². The molecule has 0 fully saturated rings. The molecule has 0 aliphatic rings. The number of sulfonamides is 1. The van der Waals surface area contributed by atoms with Gasteiger partial charge >= 0.3 is 0 Å². The van der Waals surface area contributed by atoms with Gasteiger partial charge in [0.15, 0.2) is 0 Å². The largest absolute Gasteiger partial charge is 0.497 e. The van der Waals surface area contributed by atoms with E-state index in [1.165, 1.54) is 31.3 Å². The van der Waals surface area contributed by atoms with Gasteiger partial charge in [-0.3, -0.25) is 24.0 Å². The van der Waals surface area contributed by atoms with E-state index in [-0.39, 0.29) is 42.0 Å². The zero-order chi connectivity index (χ0) is 29.3. The van der Waals surface area contributed by atoms with Crippen molar-refractivity contribution >= 4 is 33.2 Å².